The molecule has 0 bridgehead atoms. The van der Waals surface area contributed by atoms with Crippen LogP contribution in [-0.4, -0.2) is 34.3 Å². The maximum absolute atomic E-state index is 13.0. The van der Waals surface area contributed by atoms with Crippen LogP contribution in [0, 0.1) is 5.92 Å². The molecule has 0 fully saturated rings. The van der Waals surface area contributed by atoms with Crippen molar-refractivity contribution in [1.29, 1.82) is 0 Å². The summed E-state index contributed by atoms with van der Waals surface area (Å²) in [5.41, 5.74) is -0.715. The molecule has 3 rings (SSSR count). The minimum atomic E-state index is -4.64. The van der Waals surface area contributed by atoms with Gasteiger partial charge < -0.3 is 25.8 Å². The SMILES string of the molecule is C[C@H](CO)CNc1nccc(Oc2ccc(NC(=O)Nc3ccc(Cl)c(C(F)(F)F)c3)cc2)n1. The first-order valence-electron chi connectivity index (χ1n) is 10.0. The Balaban J connectivity index is 1.57. The van der Waals surface area contributed by atoms with Crippen molar-refractivity contribution in [1.82, 2.24) is 9.97 Å². The Morgan fingerprint density at radius 2 is 1.79 bits per heavy atom. The van der Waals surface area contributed by atoms with Gasteiger partial charge in [-0.15, -0.1) is 0 Å². The minimum absolute atomic E-state index is 0.0376. The van der Waals surface area contributed by atoms with Gasteiger partial charge in [0.25, 0.3) is 0 Å². The summed E-state index contributed by atoms with van der Waals surface area (Å²) in [6.07, 6.45) is -3.12. The first kappa shape index (κ1) is 25.1. The Labute approximate surface area is 198 Å². The van der Waals surface area contributed by atoms with Crippen LogP contribution in [0.15, 0.2) is 54.7 Å². The van der Waals surface area contributed by atoms with E-state index in [1.165, 1.54) is 12.3 Å². The lowest BCUT2D eigenvalue weighted by atomic mass is 10.2. The van der Waals surface area contributed by atoms with Crippen LogP contribution < -0.4 is 20.7 Å². The van der Waals surface area contributed by atoms with E-state index in [1.54, 1.807) is 30.3 Å². The molecule has 34 heavy (non-hydrogen) atoms. The fourth-order valence-electron chi connectivity index (χ4n) is 2.65. The molecule has 2 amide bonds. The molecule has 8 nitrogen and oxygen atoms in total. The van der Waals surface area contributed by atoms with Crippen molar-refractivity contribution in [2.45, 2.75) is 13.1 Å². The highest BCUT2D eigenvalue weighted by Gasteiger charge is 2.33. The molecule has 1 heterocycles. The average molecular weight is 496 g/mol. The number of benzene rings is 2. The summed E-state index contributed by atoms with van der Waals surface area (Å²) in [5, 5.41) is 16.5. The number of aliphatic hydroxyl groups is 1. The molecule has 1 atom stereocenters. The van der Waals surface area contributed by atoms with Gasteiger partial charge in [-0.25, -0.2) is 9.78 Å². The van der Waals surface area contributed by atoms with Gasteiger partial charge in [-0.1, -0.05) is 18.5 Å². The van der Waals surface area contributed by atoms with E-state index in [4.69, 9.17) is 21.4 Å². The lowest BCUT2D eigenvalue weighted by molar-refractivity contribution is -0.137. The van der Waals surface area contributed by atoms with Crippen molar-refractivity contribution < 1.29 is 27.8 Å². The van der Waals surface area contributed by atoms with E-state index in [-0.39, 0.29) is 24.1 Å². The number of nitrogens with zero attached hydrogens (tertiary/aromatic N) is 2. The fraction of sp³-hybridized carbons (Fsp3) is 0.227. The zero-order chi connectivity index (χ0) is 24.7. The first-order valence-corrected chi connectivity index (χ1v) is 10.4. The van der Waals surface area contributed by atoms with Crippen LogP contribution >= 0.6 is 11.6 Å². The summed E-state index contributed by atoms with van der Waals surface area (Å²) in [6, 6.07) is 10.2. The number of anilines is 3. The van der Waals surface area contributed by atoms with Crippen molar-refractivity contribution in [2.75, 3.05) is 29.1 Å². The molecule has 0 radical (unpaired) electrons. The largest absolute Gasteiger partial charge is 0.439 e. The number of nitrogens with one attached hydrogen (secondary N) is 3. The summed E-state index contributed by atoms with van der Waals surface area (Å²) < 4.78 is 44.6. The first-order chi connectivity index (χ1) is 16.1. The molecule has 0 aliphatic heterocycles. The number of carbonyl (C=O) groups is 1. The minimum Gasteiger partial charge on any atom is -0.439 e. The Morgan fingerprint density at radius 3 is 2.47 bits per heavy atom. The third-order valence-corrected chi connectivity index (χ3v) is 4.74. The van der Waals surface area contributed by atoms with Gasteiger partial charge in [-0.2, -0.15) is 18.2 Å². The molecule has 1 aromatic heterocycles. The second-order valence-electron chi connectivity index (χ2n) is 7.29. The highest BCUT2D eigenvalue weighted by atomic mass is 35.5. The Morgan fingerprint density at radius 1 is 1.12 bits per heavy atom. The smallest absolute Gasteiger partial charge is 0.417 e. The fourth-order valence-corrected chi connectivity index (χ4v) is 2.88. The molecular weight excluding hydrogens is 475 g/mol. The van der Waals surface area contributed by atoms with Crippen LogP contribution in [-0.2, 0) is 6.18 Å². The van der Waals surface area contributed by atoms with E-state index in [1.807, 2.05) is 6.92 Å². The molecule has 0 saturated heterocycles. The number of urea groups is 1. The lowest BCUT2D eigenvalue weighted by Gasteiger charge is -2.13. The number of carbonyl (C=O) groups excluding carboxylic acids is 1. The standard InChI is InChI=1S/C22H21ClF3N5O3/c1-13(12-32)11-28-20-27-9-8-19(31-20)34-16-5-2-14(3-6-16)29-21(33)30-15-4-7-18(23)17(10-15)22(24,25)26/h2-10,13,32H,11-12H2,1H3,(H,27,28,31)(H2,29,30,33)/t13-/m0/s1. The van der Waals surface area contributed by atoms with E-state index in [2.05, 4.69) is 25.9 Å². The van der Waals surface area contributed by atoms with Gasteiger partial charge in [-0.3, -0.25) is 0 Å². The number of hydrogen-bond acceptors (Lipinski definition) is 6. The predicted molar refractivity (Wildman–Crippen MR) is 122 cm³/mol. The highest BCUT2D eigenvalue weighted by Crippen LogP contribution is 2.36. The molecule has 4 N–H and O–H groups in total. The molecule has 3 aromatic rings. The number of aromatic nitrogens is 2. The molecule has 0 spiro atoms. The van der Waals surface area contributed by atoms with Crippen LogP contribution in [0.3, 0.4) is 0 Å². The van der Waals surface area contributed by atoms with Crippen molar-refractivity contribution >= 4 is 35.0 Å². The molecule has 180 valence electrons. The number of ether oxygens (including phenoxy) is 1. The van der Waals surface area contributed by atoms with E-state index in [9.17, 15) is 18.0 Å². The number of halogens is 4. The third-order valence-electron chi connectivity index (χ3n) is 4.41. The van der Waals surface area contributed by atoms with Gasteiger partial charge in [0.05, 0.1) is 10.6 Å². The molecule has 0 unspecified atom stereocenters. The van der Waals surface area contributed by atoms with Gasteiger partial charge in [0.1, 0.15) is 5.75 Å². The quantitative estimate of drug-likeness (QED) is 0.323. The predicted octanol–water partition coefficient (Wildman–Crippen LogP) is 5.63. The summed E-state index contributed by atoms with van der Waals surface area (Å²) in [7, 11) is 0. The maximum Gasteiger partial charge on any atom is 0.417 e. The molecule has 12 heteroatoms. The van der Waals surface area contributed by atoms with Crippen molar-refractivity contribution in [2.24, 2.45) is 5.92 Å². The summed E-state index contributed by atoms with van der Waals surface area (Å²) >= 11 is 5.58. The van der Waals surface area contributed by atoms with Crippen LogP contribution in [0.4, 0.5) is 35.3 Å². The van der Waals surface area contributed by atoms with Gasteiger partial charge in [-0.05, 0) is 48.4 Å². The zero-order valence-corrected chi connectivity index (χ0v) is 18.6. The van der Waals surface area contributed by atoms with Crippen LogP contribution in [0.1, 0.15) is 12.5 Å². The number of aliphatic hydroxyl groups excluding tert-OH is 1. The maximum atomic E-state index is 13.0. The van der Waals surface area contributed by atoms with Crippen molar-refractivity contribution in [3.8, 4) is 11.6 Å². The number of hydrogen-bond donors (Lipinski definition) is 4. The molecule has 2 aromatic carbocycles. The topological polar surface area (TPSA) is 108 Å². The number of alkyl halides is 3. The summed E-state index contributed by atoms with van der Waals surface area (Å²) in [6.45, 7) is 2.41. The average Bonchev–Trinajstić information content (AvgIpc) is 2.79. The van der Waals surface area contributed by atoms with E-state index < -0.39 is 22.8 Å². The van der Waals surface area contributed by atoms with Crippen LogP contribution in [0.25, 0.3) is 0 Å². The molecule has 0 aliphatic rings. The summed E-state index contributed by atoms with van der Waals surface area (Å²) in [5.74, 6) is 1.11. The Bertz CT molecular complexity index is 1130. The highest BCUT2D eigenvalue weighted by molar-refractivity contribution is 6.31. The lowest BCUT2D eigenvalue weighted by Crippen LogP contribution is -2.19. The number of amides is 2. The Hall–Kier alpha value is -3.57. The van der Waals surface area contributed by atoms with Gasteiger partial charge >= 0.3 is 12.2 Å². The molecule has 0 saturated carbocycles. The summed E-state index contributed by atoms with van der Waals surface area (Å²) in [4.78, 5) is 20.5. The monoisotopic (exact) mass is 495 g/mol. The molecular formula is C22H21ClF3N5O3. The van der Waals surface area contributed by atoms with E-state index in [0.717, 1.165) is 12.1 Å². The zero-order valence-electron chi connectivity index (χ0n) is 17.9. The van der Waals surface area contributed by atoms with Crippen LogP contribution in [0.5, 0.6) is 11.6 Å². The normalized spacial score (nSPS) is 12.1. The van der Waals surface area contributed by atoms with Gasteiger partial charge in [0.2, 0.25) is 11.8 Å². The van der Waals surface area contributed by atoms with E-state index >= 15 is 0 Å². The molecule has 0 aliphatic carbocycles. The van der Waals surface area contributed by atoms with Gasteiger partial charge in [0, 0.05) is 36.8 Å². The van der Waals surface area contributed by atoms with Crippen molar-refractivity contribution in [3.05, 3.63) is 65.3 Å². The van der Waals surface area contributed by atoms with E-state index in [0.29, 0.717) is 23.9 Å². The van der Waals surface area contributed by atoms with Gasteiger partial charge in [0.15, 0.2) is 0 Å². The third kappa shape index (κ3) is 7.22. The van der Waals surface area contributed by atoms with Crippen LogP contribution in [0.2, 0.25) is 5.02 Å². The second-order valence-corrected chi connectivity index (χ2v) is 7.69. The number of rotatable bonds is 8. The van der Waals surface area contributed by atoms with Crippen molar-refractivity contribution in [3.63, 3.8) is 0 Å². The second kappa shape index (κ2) is 11.0. The Kier molecular flexibility index (Phi) is 8.13.